The highest BCUT2D eigenvalue weighted by Gasteiger charge is 2.19. The zero-order valence-electron chi connectivity index (χ0n) is 7.72. The van der Waals surface area contributed by atoms with E-state index in [2.05, 4.69) is 9.80 Å². The van der Waals surface area contributed by atoms with Crippen LogP contribution in [0.15, 0.2) is 4.88 Å². The molecule has 0 aliphatic heterocycles. The minimum absolute atomic E-state index is 0.232. The van der Waals surface area contributed by atoms with Crippen molar-refractivity contribution in [3.05, 3.63) is 10.4 Å². The van der Waals surface area contributed by atoms with E-state index in [-0.39, 0.29) is 6.10 Å². The molecule has 0 spiro atoms. The number of hydrogen-bond donors (Lipinski definition) is 0. The van der Waals surface area contributed by atoms with E-state index < -0.39 is 6.42 Å². The van der Waals surface area contributed by atoms with E-state index in [4.69, 9.17) is 21.9 Å². The van der Waals surface area contributed by atoms with Gasteiger partial charge >= 0.3 is 0 Å². The Balaban J connectivity index is 2.46. The summed E-state index contributed by atoms with van der Waals surface area (Å²) in [5.41, 5.74) is 8.27. The first kappa shape index (κ1) is 11.0. The van der Waals surface area contributed by atoms with Crippen molar-refractivity contribution >= 4 is 18.2 Å². The van der Waals surface area contributed by atoms with Crippen LogP contribution in [0.1, 0.15) is 32.1 Å². The van der Waals surface area contributed by atoms with E-state index in [9.17, 15) is 0 Å². The fraction of sp³-hybridized carbons (Fsp3) is 1.00. The highest BCUT2D eigenvalue weighted by molar-refractivity contribution is 8.11. The third kappa shape index (κ3) is 4.10. The Hall–Kier alpha value is -0.0800. The maximum atomic E-state index is 8.27. The zero-order valence-corrected chi connectivity index (χ0v) is 9.43. The second-order valence-corrected chi connectivity index (χ2v) is 7.38. The van der Waals surface area contributed by atoms with Crippen LogP contribution in [0.5, 0.6) is 0 Å². The third-order valence-corrected chi connectivity index (χ3v) is 3.67. The maximum absolute atomic E-state index is 8.27. The lowest BCUT2D eigenvalue weighted by Crippen LogP contribution is -2.14. The van der Waals surface area contributed by atoms with Gasteiger partial charge in [-0.3, -0.25) is 0 Å². The summed E-state index contributed by atoms with van der Waals surface area (Å²) in [5, 5.41) is 0. The molecule has 0 aromatic rings. The van der Waals surface area contributed by atoms with Gasteiger partial charge in [0.25, 0.3) is 0 Å². The third-order valence-electron chi connectivity index (χ3n) is 2.10. The molecule has 1 aliphatic carbocycles. The molecule has 1 fully saturated rings. The Morgan fingerprint density at radius 1 is 1.46 bits per heavy atom. The van der Waals surface area contributed by atoms with Crippen molar-refractivity contribution in [2.75, 3.05) is 6.66 Å². The lowest BCUT2D eigenvalue weighted by atomic mass is 9.98. The molecule has 0 aromatic carbocycles. The van der Waals surface area contributed by atoms with Crippen LogP contribution < -0.4 is 0 Å². The molecule has 6 heteroatoms. The van der Waals surface area contributed by atoms with Gasteiger partial charge in [0.05, 0.1) is 6.10 Å². The first-order valence-electron chi connectivity index (χ1n) is 4.46. The Morgan fingerprint density at radius 3 is 2.62 bits per heavy atom. The Bertz CT molecular complexity index is 258. The van der Waals surface area contributed by atoms with Gasteiger partial charge in [0.2, 0.25) is 0 Å². The number of rotatable bonds is 3. The Labute approximate surface area is 83.4 Å². The minimum Gasteiger partial charge on any atom is -0.342 e. The van der Waals surface area contributed by atoms with Gasteiger partial charge in [-0.05, 0) is 29.9 Å². The molecule has 0 saturated heterocycles. The molecule has 0 bridgehead atoms. The standard InChI is InChI=1S/C7H14N3OPS/c1-12(13,10-9-8)11-7-5-3-2-4-6-7/h7H,2-6H2,1H3. The lowest BCUT2D eigenvalue weighted by Gasteiger charge is -2.25. The van der Waals surface area contributed by atoms with Crippen molar-refractivity contribution in [3.63, 3.8) is 0 Å². The number of azide groups is 1. The van der Waals surface area contributed by atoms with Crippen molar-refractivity contribution in [2.45, 2.75) is 38.2 Å². The molecule has 0 N–H and O–H groups in total. The summed E-state index contributed by atoms with van der Waals surface area (Å²) in [6.45, 7) is 1.73. The maximum Gasteiger partial charge on any atom is 0.151 e. The van der Waals surface area contributed by atoms with Crippen LogP contribution in [0, 0.1) is 0 Å². The molecule has 4 nitrogen and oxygen atoms in total. The summed E-state index contributed by atoms with van der Waals surface area (Å²) in [6.07, 6.45) is 3.83. The fourth-order valence-electron chi connectivity index (χ4n) is 1.54. The summed E-state index contributed by atoms with van der Waals surface area (Å²) < 4.78 is 5.62. The zero-order chi connectivity index (χ0) is 9.73. The molecule has 1 aliphatic rings. The van der Waals surface area contributed by atoms with Crippen molar-refractivity contribution in [1.82, 2.24) is 0 Å². The van der Waals surface area contributed by atoms with E-state index in [0.29, 0.717) is 0 Å². The Kier molecular flexibility index (Phi) is 4.20. The van der Waals surface area contributed by atoms with Crippen LogP contribution in [-0.4, -0.2) is 12.8 Å². The first-order chi connectivity index (χ1) is 6.14. The van der Waals surface area contributed by atoms with Crippen LogP contribution in [0.2, 0.25) is 0 Å². The molecular weight excluding hydrogens is 205 g/mol. The van der Waals surface area contributed by atoms with Gasteiger partial charge in [0.15, 0.2) is 6.42 Å². The average molecular weight is 219 g/mol. The van der Waals surface area contributed by atoms with Crippen LogP contribution in [0.3, 0.4) is 0 Å². The van der Waals surface area contributed by atoms with Gasteiger partial charge in [0, 0.05) is 4.91 Å². The normalized spacial score (nSPS) is 23.2. The summed E-state index contributed by atoms with van der Waals surface area (Å²) in [7, 11) is 0. The van der Waals surface area contributed by atoms with Crippen molar-refractivity contribution in [3.8, 4) is 0 Å². The van der Waals surface area contributed by atoms with Crippen LogP contribution in [0.4, 0.5) is 0 Å². The van der Waals surface area contributed by atoms with Crippen LogP contribution in [0.25, 0.3) is 10.4 Å². The molecule has 74 valence electrons. The summed E-state index contributed by atoms with van der Waals surface area (Å²) in [5.74, 6) is 0. The number of nitrogens with zero attached hydrogens (tertiary/aromatic N) is 3. The van der Waals surface area contributed by atoms with E-state index in [1.165, 1.54) is 19.3 Å². The highest BCUT2D eigenvalue weighted by Crippen LogP contribution is 2.48. The van der Waals surface area contributed by atoms with Crippen molar-refractivity contribution in [2.24, 2.45) is 4.88 Å². The summed E-state index contributed by atoms with van der Waals surface area (Å²) >= 11 is 5.09. The quantitative estimate of drug-likeness (QED) is 0.315. The van der Waals surface area contributed by atoms with Gasteiger partial charge in [0.1, 0.15) is 0 Å². The molecule has 0 amide bonds. The largest absolute Gasteiger partial charge is 0.342 e. The van der Waals surface area contributed by atoms with Crippen molar-refractivity contribution in [1.29, 1.82) is 0 Å². The molecule has 1 atom stereocenters. The molecule has 13 heavy (non-hydrogen) atoms. The molecule has 1 rings (SSSR count). The first-order valence-corrected chi connectivity index (χ1v) is 7.58. The van der Waals surface area contributed by atoms with E-state index in [1.807, 2.05) is 0 Å². The molecule has 1 unspecified atom stereocenters. The molecule has 0 aromatic heterocycles. The molecule has 0 heterocycles. The van der Waals surface area contributed by atoms with Gasteiger partial charge in [-0.15, -0.1) is 0 Å². The monoisotopic (exact) mass is 219 g/mol. The fourth-order valence-corrected chi connectivity index (χ4v) is 2.96. The minimum atomic E-state index is -2.22. The predicted molar refractivity (Wildman–Crippen MR) is 57.3 cm³/mol. The van der Waals surface area contributed by atoms with E-state index in [1.54, 1.807) is 6.66 Å². The highest BCUT2D eigenvalue weighted by atomic mass is 32.4. The van der Waals surface area contributed by atoms with Crippen LogP contribution >= 0.6 is 6.42 Å². The second-order valence-electron chi connectivity index (χ2n) is 3.35. The van der Waals surface area contributed by atoms with Gasteiger partial charge in [-0.25, -0.2) is 0 Å². The Morgan fingerprint density at radius 2 is 2.08 bits per heavy atom. The second kappa shape index (κ2) is 4.97. The SMILES string of the molecule is CP(=S)(N=[N+]=[N-])OC1CCCCC1. The molecule has 1 saturated carbocycles. The van der Waals surface area contributed by atoms with Crippen LogP contribution in [-0.2, 0) is 16.3 Å². The summed E-state index contributed by atoms with van der Waals surface area (Å²) in [4.78, 5) is 6.25. The topological polar surface area (TPSA) is 58.0 Å². The summed E-state index contributed by atoms with van der Waals surface area (Å²) in [6, 6.07) is 0. The van der Waals surface area contributed by atoms with Gasteiger partial charge in [-0.1, -0.05) is 31.1 Å². The molecule has 0 radical (unpaired) electrons. The predicted octanol–water partition coefficient (Wildman–Crippen LogP) is 3.59. The van der Waals surface area contributed by atoms with Gasteiger partial charge < -0.3 is 4.52 Å². The lowest BCUT2D eigenvalue weighted by molar-refractivity contribution is 0.173. The average Bonchev–Trinajstić information content (AvgIpc) is 2.04. The number of hydrogen-bond acceptors (Lipinski definition) is 2. The van der Waals surface area contributed by atoms with E-state index >= 15 is 0 Å². The molecular formula is C7H14N3OPS. The van der Waals surface area contributed by atoms with E-state index in [0.717, 1.165) is 12.8 Å². The smallest absolute Gasteiger partial charge is 0.151 e. The van der Waals surface area contributed by atoms with Gasteiger partial charge in [-0.2, -0.15) is 0 Å². The van der Waals surface area contributed by atoms with Crippen molar-refractivity contribution < 1.29 is 4.52 Å².